The molecular weight excluding hydrogens is 503 g/mol. The quantitative estimate of drug-likeness (QED) is 0.313. The van der Waals surface area contributed by atoms with Crippen LogP contribution < -0.4 is 14.8 Å². The van der Waals surface area contributed by atoms with E-state index in [-0.39, 0.29) is 22.9 Å². The minimum atomic E-state index is -1.04. The smallest absolute Gasteiger partial charge is 0.339 e. The molecule has 0 amide bonds. The van der Waals surface area contributed by atoms with Crippen LogP contribution >= 0.6 is 0 Å². The molecule has 1 saturated heterocycles. The number of aryl methyl sites for hydroxylation is 1. The Labute approximate surface area is 224 Å². The van der Waals surface area contributed by atoms with Crippen LogP contribution in [-0.2, 0) is 11.3 Å². The average molecular weight is 533 g/mol. The largest absolute Gasteiger partial charge is 0.496 e. The van der Waals surface area contributed by atoms with Crippen LogP contribution in [0.25, 0.3) is 22.2 Å². The van der Waals surface area contributed by atoms with E-state index in [1.807, 2.05) is 17.6 Å². The second-order valence-corrected chi connectivity index (χ2v) is 10.3. The highest BCUT2D eigenvalue weighted by molar-refractivity contribution is 5.92. The van der Waals surface area contributed by atoms with E-state index in [9.17, 15) is 14.3 Å². The van der Waals surface area contributed by atoms with Crippen LogP contribution in [0, 0.1) is 18.2 Å². The Hall–Kier alpha value is -4.18. The first kappa shape index (κ1) is 25.1. The van der Waals surface area contributed by atoms with Crippen LogP contribution in [0.5, 0.6) is 11.5 Å². The van der Waals surface area contributed by atoms with Gasteiger partial charge in [0, 0.05) is 41.2 Å². The average Bonchev–Trinajstić information content (AvgIpc) is 3.21. The van der Waals surface area contributed by atoms with Gasteiger partial charge in [-0.05, 0) is 50.1 Å². The number of hydrogen-bond acceptors (Lipinski definition) is 7. The summed E-state index contributed by atoms with van der Waals surface area (Å²) in [6.07, 6.45) is 3.16. The Balaban J connectivity index is 1.17. The number of nitrogens with zero attached hydrogens (tertiary/aromatic N) is 3. The number of benzene rings is 2. The van der Waals surface area contributed by atoms with Crippen LogP contribution in [0.3, 0.4) is 0 Å². The molecule has 2 N–H and O–H groups in total. The number of carboxylic acids is 1. The number of anilines is 1. The summed E-state index contributed by atoms with van der Waals surface area (Å²) in [5, 5.41) is 13.7. The number of carboxylic acid groups (broad SMARTS) is 1. The van der Waals surface area contributed by atoms with Crippen LogP contribution in [0.4, 0.5) is 10.2 Å². The molecule has 6 rings (SSSR count). The zero-order valence-corrected chi connectivity index (χ0v) is 21.7. The van der Waals surface area contributed by atoms with Gasteiger partial charge >= 0.3 is 5.97 Å². The van der Waals surface area contributed by atoms with Crippen molar-refractivity contribution in [3.05, 3.63) is 65.9 Å². The van der Waals surface area contributed by atoms with Gasteiger partial charge in [0.15, 0.2) is 0 Å². The number of fused-ring (bicyclic) bond motifs is 1. The van der Waals surface area contributed by atoms with Crippen molar-refractivity contribution in [3.63, 3.8) is 0 Å². The van der Waals surface area contributed by atoms with Gasteiger partial charge in [0.25, 0.3) is 0 Å². The Morgan fingerprint density at radius 3 is 2.72 bits per heavy atom. The fourth-order valence-electron chi connectivity index (χ4n) is 5.56. The second-order valence-electron chi connectivity index (χ2n) is 10.3. The number of hydrogen-bond donors (Lipinski definition) is 2. The predicted octanol–water partition coefficient (Wildman–Crippen LogP) is 4.92. The van der Waals surface area contributed by atoms with Crippen molar-refractivity contribution in [2.75, 3.05) is 32.2 Å². The summed E-state index contributed by atoms with van der Waals surface area (Å²) in [4.78, 5) is 20.5. The molecule has 1 spiro atoms. The summed E-state index contributed by atoms with van der Waals surface area (Å²) in [5.41, 5.74) is 3.11. The lowest BCUT2D eigenvalue weighted by molar-refractivity contribution is -0.191. The highest BCUT2D eigenvalue weighted by Gasteiger charge is 2.51. The van der Waals surface area contributed by atoms with E-state index >= 15 is 0 Å². The van der Waals surface area contributed by atoms with Crippen LogP contribution in [0.15, 0.2) is 48.8 Å². The standard InChI is InChI=1S/C29H29FN4O5/c1-17-9-21-24(37-2)6-5-22(30)27(21)34(17)8-7-31-26-11-23(32-16-33-26)18-3-4-20(28(35)36)25(10-18)39-19-12-29(13-19)14-38-15-29/h3-6,9-11,16,19H,7-8,12-15H2,1-2H3,(H,35,36)(H,31,32,33). The summed E-state index contributed by atoms with van der Waals surface area (Å²) in [5.74, 6) is 0.227. The first-order valence-electron chi connectivity index (χ1n) is 12.9. The number of aromatic nitrogens is 3. The number of carbonyl (C=O) groups is 1. The fourth-order valence-corrected chi connectivity index (χ4v) is 5.56. The fraction of sp³-hybridized carbons (Fsp3) is 0.345. The lowest BCUT2D eigenvalue weighted by Crippen LogP contribution is -2.56. The Morgan fingerprint density at radius 1 is 1.18 bits per heavy atom. The number of methoxy groups -OCH3 is 1. The number of rotatable bonds is 9. The highest BCUT2D eigenvalue weighted by atomic mass is 19.1. The molecule has 4 aromatic rings. The number of nitrogens with one attached hydrogen (secondary N) is 1. The molecule has 2 aromatic carbocycles. The van der Waals surface area contributed by atoms with Gasteiger partial charge in [-0.15, -0.1) is 0 Å². The van der Waals surface area contributed by atoms with Gasteiger partial charge in [-0.2, -0.15) is 0 Å². The van der Waals surface area contributed by atoms with Crippen molar-refractivity contribution in [1.29, 1.82) is 0 Å². The van der Waals surface area contributed by atoms with Crippen LogP contribution in [-0.4, -0.2) is 58.6 Å². The Kier molecular flexibility index (Phi) is 6.34. The van der Waals surface area contributed by atoms with Gasteiger partial charge in [-0.25, -0.2) is 19.2 Å². The molecule has 2 fully saturated rings. The SMILES string of the molecule is COc1ccc(F)c2c1cc(C)n2CCNc1cc(-c2ccc(C(=O)O)c(OC3CC4(COC4)C3)c2)ncn1. The van der Waals surface area contributed by atoms with Crippen molar-refractivity contribution >= 4 is 22.7 Å². The van der Waals surface area contributed by atoms with Gasteiger partial charge in [-0.3, -0.25) is 0 Å². The molecule has 1 aliphatic carbocycles. The minimum absolute atomic E-state index is 0.0251. The monoisotopic (exact) mass is 532 g/mol. The molecule has 202 valence electrons. The number of aromatic carboxylic acids is 1. The van der Waals surface area contributed by atoms with Crippen molar-refractivity contribution in [2.45, 2.75) is 32.4 Å². The maximum atomic E-state index is 14.7. The summed E-state index contributed by atoms with van der Waals surface area (Å²) in [6, 6.07) is 11.8. The molecule has 9 nitrogen and oxygen atoms in total. The number of ether oxygens (including phenoxy) is 3. The van der Waals surface area contributed by atoms with Gasteiger partial charge in [0.1, 0.15) is 41.1 Å². The molecule has 0 radical (unpaired) electrons. The molecule has 0 bridgehead atoms. The van der Waals surface area contributed by atoms with Gasteiger partial charge in [0.2, 0.25) is 0 Å². The molecular formula is C29H29FN4O5. The highest BCUT2D eigenvalue weighted by Crippen LogP contribution is 2.48. The first-order valence-corrected chi connectivity index (χ1v) is 12.9. The summed E-state index contributed by atoms with van der Waals surface area (Å²) >= 11 is 0. The Bertz CT molecular complexity index is 1560. The van der Waals surface area contributed by atoms with Crippen molar-refractivity contribution < 1.29 is 28.5 Å². The molecule has 2 aromatic heterocycles. The lowest BCUT2D eigenvalue weighted by Gasteiger charge is -2.52. The van der Waals surface area contributed by atoms with E-state index in [4.69, 9.17) is 14.2 Å². The molecule has 0 atom stereocenters. The van der Waals surface area contributed by atoms with E-state index in [1.165, 1.54) is 12.4 Å². The van der Waals surface area contributed by atoms with Crippen LogP contribution in [0.1, 0.15) is 28.9 Å². The van der Waals surface area contributed by atoms with E-state index < -0.39 is 5.97 Å². The van der Waals surface area contributed by atoms with E-state index in [0.717, 1.165) is 42.7 Å². The van der Waals surface area contributed by atoms with Gasteiger partial charge in [0.05, 0.1) is 31.5 Å². The van der Waals surface area contributed by atoms with Crippen molar-refractivity contribution in [3.8, 4) is 22.8 Å². The summed E-state index contributed by atoms with van der Waals surface area (Å²) < 4.78 is 33.4. The Morgan fingerprint density at radius 2 is 2.00 bits per heavy atom. The third-order valence-electron chi connectivity index (χ3n) is 7.64. The summed E-state index contributed by atoms with van der Waals surface area (Å²) in [6.45, 7) is 4.44. The molecule has 1 aliphatic heterocycles. The van der Waals surface area contributed by atoms with E-state index in [0.29, 0.717) is 41.6 Å². The van der Waals surface area contributed by atoms with Gasteiger partial charge in [-0.1, -0.05) is 6.07 Å². The van der Waals surface area contributed by atoms with E-state index in [2.05, 4.69) is 15.3 Å². The summed E-state index contributed by atoms with van der Waals surface area (Å²) in [7, 11) is 1.57. The third kappa shape index (κ3) is 4.65. The molecule has 0 unspecified atom stereocenters. The van der Waals surface area contributed by atoms with E-state index in [1.54, 1.807) is 37.4 Å². The second kappa shape index (κ2) is 9.85. The van der Waals surface area contributed by atoms with Gasteiger partial charge < -0.3 is 29.2 Å². The van der Waals surface area contributed by atoms with Crippen molar-refractivity contribution in [2.24, 2.45) is 5.41 Å². The normalized spacial score (nSPS) is 16.1. The molecule has 39 heavy (non-hydrogen) atoms. The zero-order chi connectivity index (χ0) is 27.1. The zero-order valence-electron chi connectivity index (χ0n) is 21.7. The predicted molar refractivity (Wildman–Crippen MR) is 143 cm³/mol. The maximum absolute atomic E-state index is 14.7. The first-order chi connectivity index (χ1) is 18.9. The van der Waals surface area contributed by atoms with Crippen molar-refractivity contribution in [1.82, 2.24) is 14.5 Å². The number of halogens is 1. The molecule has 1 saturated carbocycles. The third-order valence-corrected chi connectivity index (χ3v) is 7.64. The maximum Gasteiger partial charge on any atom is 0.339 e. The molecule has 10 heteroatoms. The van der Waals surface area contributed by atoms with Crippen LogP contribution in [0.2, 0.25) is 0 Å². The topological polar surface area (TPSA) is 108 Å². The molecule has 2 aliphatic rings. The lowest BCUT2D eigenvalue weighted by atomic mass is 9.65. The molecule has 3 heterocycles. The minimum Gasteiger partial charge on any atom is -0.496 e.